The molecule has 162 valence electrons. The van der Waals surface area contributed by atoms with Gasteiger partial charge in [0.2, 0.25) is 17.8 Å². The highest BCUT2D eigenvalue weighted by atomic mass is 35.5. The molecule has 1 saturated heterocycles. The first kappa shape index (κ1) is 21.2. The highest BCUT2D eigenvalue weighted by Gasteiger charge is 2.29. The molecule has 0 aromatic heterocycles. The van der Waals surface area contributed by atoms with Crippen LogP contribution in [0, 0.1) is 0 Å². The molecule has 0 unspecified atom stereocenters. The second kappa shape index (κ2) is 9.39. The fourth-order valence-corrected chi connectivity index (χ4v) is 3.77. The van der Waals surface area contributed by atoms with Crippen molar-refractivity contribution in [3.05, 3.63) is 58.6 Å². The van der Waals surface area contributed by atoms with Crippen molar-refractivity contribution in [1.82, 2.24) is 15.1 Å². The number of nitrogens with one attached hydrogen (secondary N) is 1. The quantitative estimate of drug-likeness (QED) is 0.638. The van der Waals surface area contributed by atoms with Crippen LogP contribution < -0.4 is 10.1 Å². The average molecular weight is 441 g/mol. The number of ether oxygens (including phenoxy) is 1. The number of hydrogen-bond acceptors (Lipinski definition) is 5. The van der Waals surface area contributed by atoms with Gasteiger partial charge in [-0.15, -0.1) is 0 Å². The van der Waals surface area contributed by atoms with E-state index in [9.17, 15) is 9.59 Å². The Morgan fingerprint density at radius 1 is 1.19 bits per heavy atom. The lowest BCUT2D eigenvalue weighted by atomic mass is 10.1. The fraction of sp³-hybridized carbons (Fsp3) is 0.348. The molecule has 7 nitrogen and oxygen atoms in total. The summed E-state index contributed by atoms with van der Waals surface area (Å²) in [5, 5.41) is 3.45. The number of hydrogen-bond donors (Lipinski definition) is 1. The Hall–Kier alpha value is -3.06. The predicted octanol–water partition coefficient (Wildman–Crippen LogP) is 3.48. The van der Waals surface area contributed by atoms with E-state index in [1.165, 1.54) is 0 Å². The van der Waals surface area contributed by atoms with Gasteiger partial charge in [-0.25, -0.2) is 4.99 Å². The lowest BCUT2D eigenvalue weighted by Crippen LogP contribution is -2.31. The van der Waals surface area contributed by atoms with Crippen LogP contribution >= 0.6 is 11.6 Å². The van der Waals surface area contributed by atoms with Crippen molar-refractivity contribution < 1.29 is 14.3 Å². The number of aliphatic imine (C=N–C) groups is 1. The maximum absolute atomic E-state index is 12.3. The van der Waals surface area contributed by atoms with Crippen molar-refractivity contribution in [1.29, 1.82) is 0 Å². The number of guanidine groups is 1. The molecule has 2 heterocycles. The molecule has 0 aliphatic carbocycles. The van der Waals surface area contributed by atoms with Crippen LogP contribution in [-0.4, -0.2) is 47.8 Å². The van der Waals surface area contributed by atoms with Crippen LogP contribution in [0.4, 0.5) is 5.69 Å². The third-order valence-corrected chi connectivity index (χ3v) is 5.59. The van der Waals surface area contributed by atoms with E-state index in [1.807, 2.05) is 54.4 Å². The number of amides is 2. The van der Waals surface area contributed by atoms with E-state index >= 15 is 0 Å². The van der Waals surface area contributed by atoms with Gasteiger partial charge < -0.3 is 14.5 Å². The summed E-state index contributed by atoms with van der Waals surface area (Å²) in [6.45, 7) is 2.09. The molecule has 0 bridgehead atoms. The van der Waals surface area contributed by atoms with E-state index in [1.54, 1.807) is 4.90 Å². The van der Waals surface area contributed by atoms with Crippen LogP contribution in [0.3, 0.4) is 0 Å². The Morgan fingerprint density at radius 2 is 2.00 bits per heavy atom. The molecule has 0 radical (unpaired) electrons. The van der Waals surface area contributed by atoms with Gasteiger partial charge in [0.1, 0.15) is 12.3 Å². The standard InChI is InChI=1S/C23H25ClN4O3/c1-27(13-16-5-7-18(24)8-6-16)22(30)4-2-3-11-31-19-9-10-20-17(12-19)14-28-15-21(29)26-23(28)25-20/h5-10,12H,2-4,11,13-15H2,1H3,(H,25,26,29). The van der Waals surface area contributed by atoms with Crippen molar-refractivity contribution in [2.24, 2.45) is 4.99 Å². The monoisotopic (exact) mass is 440 g/mol. The SMILES string of the molecule is CN(Cc1ccc(Cl)cc1)C(=O)CCCCOc1ccc2c(c1)CN1CC(=O)NC1=N2. The van der Waals surface area contributed by atoms with Crippen molar-refractivity contribution >= 4 is 35.1 Å². The topological polar surface area (TPSA) is 74.2 Å². The number of halogens is 1. The third kappa shape index (κ3) is 5.35. The van der Waals surface area contributed by atoms with Crippen molar-refractivity contribution in [2.45, 2.75) is 32.4 Å². The van der Waals surface area contributed by atoms with E-state index in [0.29, 0.717) is 43.6 Å². The molecule has 0 saturated carbocycles. The normalized spacial score (nSPS) is 14.5. The zero-order chi connectivity index (χ0) is 21.8. The molecule has 0 atom stereocenters. The third-order valence-electron chi connectivity index (χ3n) is 5.34. The summed E-state index contributed by atoms with van der Waals surface area (Å²) in [7, 11) is 1.82. The number of rotatable bonds is 8. The Kier molecular flexibility index (Phi) is 6.42. The Balaban J connectivity index is 1.18. The summed E-state index contributed by atoms with van der Waals surface area (Å²) in [6.07, 6.45) is 2.06. The van der Waals surface area contributed by atoms with Crippen molar-refractivity contribution in [3.8, 4) is 5.75 Å². The van der Waals surface area contributed by atoms with Gasteiger partial charge in [-0.05, 0) is 48.7 Å². The predicted molar refractivity (Wildman–Crippen MR) is 119 cm³/mol. The maximum atomic E-state index is 12.3. The summed E-state index contributed by atoms with van der Waals surface area (Å²) in [6, 6.07) is 13.3. The lowest BCUT2D eigenvalue weighted by molar-refractivity contribution is -0.130. The summed E-state index contributed by atoms with van der Waals surface area (Å²) >= 11 is 5.90. The number of unbranched alkanes of at least 4 members (excludes halogenated alkanes) is 1. The molecule has 31 heavy (non-hydrogen) atoms. The highest BCUT2D eigenvalue weighted by molar-refractivity contribution is 6.30. The number of carbonyl (C=O) groups excluding carboxylic acids is 2. The van der Waals surface area contributed by atoms with Gasteiger partial charge in [-0.1, -0.05) is 23.7 Å². The smallest absolute Gasteiger partial charge is 0.246 e. The van der Waals surface area contributed by atoms with E-state index in [0.717, 1.165) is 35.4 Å². The van der Waals surface area contributed by atoms with Gasteiger partial charge in [-0.2, -0.15) is 0 Å². The Bertz CT molecular complexity index is 1010. The van der Waals surface area contributed by atoms with Crippen molar-refractivity contribution in [2.75, 3.05) is 20.2 Å². The lowest BCUT2D eigenvalue weighted by Gasteiger charge is -2.23. The summed E-state index contributed by atoms with van der Waals surface area (Å²) in [4.78, 5) is 32.0. The van der Waals surface area contributed by atoms with Crippen LogP contribution in [0.1, 0.15) is 30.4 Å². The van der Waals surface area contributed by atoms with Crippen LogP contribution in [0.2, 0.25) is 5.02 Å². The molecular formula is C23H25ClN4O3. The average Bonchev–Trinajstić information content (AvgIpc) is 3.11. The minimum Gasteiger partial charge on any atom is -0.494 e. The Morgan fingerprint density at radius 3 is 2.81 bits per heavy atom. The first-order valence-corrected chi connectivity index (χ1v) is 10.7. The minimum absolute atomic E-state index is 0.0311. The molecule has 1 fully saturated rings. The van der Waals surface area contributed by atoms with Gasteiger partial charge >= 0.3 is 0 Å². The summed E-state index contributed by atoms with van der Waals surface area (Å²) in [5.74, 6) is 1.49. The zero-order valence-corrected chi connectivity index (χ0v) is 18.2. The fourth-order valence-electron chi connectivity index (χ4n) is 3.64. The zero-order valence-electron chi connectivity index (χ0n) is 17.4. The van der Waals surface area contributed by atoms with Crippen molar-refractivity contribution in [3.63, 3.8) is 0 Å². The molecule has 4 rings (SSSR count). The van der Waals surface area contributed by atoms with E-state index < -0.39 is 0 Å². The van der Waals surface area contributed by atoms with Crippen LogP contribution in [0.5, 0.6) is 5.75 Å². The molecule has 8 heteroatoms. The summed E-state index contributed by atoms with van der Waals surface area (Å²) in [5.41, 5.74) is 2.95. The molecule has 0 spiro atoms. The number of benzene rings is 2. The van der Waals surface area contributed by atoms with E-state index in [-0.39, 0.29) is 11.8 Å². The first-order chi connectivity index (χ1) is 15.0. The Labute approximate surface area is 186 Å². The molecule has 1 N–H and O–H groups in total. The first-order valence-electron chi connectivity index (χ1n) is 10.4. The molecule has 2 aromatic carbocycles. The summed E-state index contributed by atoms with van der Waals surface area (Å²) < 4.78 is 5.87. The van der Waals surface area contributed by atoms with Gasteiger partial charge in [0.15, 0.2) is 0 Å². The highest BCUT2D eigenvalue weighted by Crippen LogP contribution is 2.30. The molecular weight excluding hydrogens is 416 g/mol. The second-order valence-electron chi connectivity index (χ2n) is 7.81. The van der Waals surface area contributed by atoms with Gasteiger partial charge in [-0.3, -0.25) is 14.9 Å². The molecule has 2 aliphatic rings. The molecule has 2 amide bonds. The second-order valence-corrected chi connectivity index (χ2v) is 8.25. The molecule has 2 aliphatic heterocycles. The van der Waals surface area contributed by atoms with Gasteiger partial charge in [0.05, 0.1) is 12.3 Å². The van der Waals surface area contributed by atoms with Crippen LogP contribution in [-0.2, 0) is 22.7 Å². The van der Waals surface area contributed by atoms with Gasteiger partial charge in [0.25, 0.3) is 0 Å². The number of carbonyl (C=O) groups is 2. The van der Waals surface area contributed by atoms with E-state index in [2.05, 4.69) is 10.3 Å². The minimum atomic E-state index is -0.0311. The molecule has 2 aromatic rings. The van der Waals surface area contributed by atoms with Crippen LogP contribution in [0.15, 0.2) is 47.5 Å². The number of fused-ring (bicyclic) bond motifs is 2. The maximum Gasteiger partial charge on any atom is 0.246 e. The number of nitrogens with zero attached hydrogens (tertiary/aromatic N) is 3. The van der Waals surface area contributed by atoms with Crippen LogP contribution in [0.25, 0.3) is 0 Å². The van der Waals surface area contributed by atoms with E-state index in [4.69, 9.17) is 16.3 Å². The van der Waals surface area contributed by atoms with Gasteiger partial charge in [0, 0.05) is 37.1 Å². The largest absolute Gasteiger partial charge is 0.494 e.